The lowest BCUT2D eigenvalue weighted by molar-refractivity contribution is 0.0462. The molecule has 0 heterocycles. The Hall–Kier alpha value is -0.570. The maximum Gasteiger partial charge on any atom is 0.0622 e. The van der Waals surface area contributed by atoms with E-state index in [4.69, 9.17) is 16.7 Å². The van der Waals surface area contributed by atoms with Crippen molar-refractivity contribution in [1.82, 2.24) is 0 Å². The lowest BCUT2D eigenvalue weighted by Crippen LogP contribution is -2.28. The summed E-state index contributed by atoms with van der Waals surface area (Å²) in [6.45, 7) is 4.30. The van der Waals surface area contributed by atoms with Crippen molar-refractivity contribution in [3.63, 3.8) is 0 Å². The standard InChI is InChI=1S/C14H19ClO.CH4O/c1-14(2)8-7-11(13(14)16)9-10-3-5-12(15)6-4-10;1-2/h3-6,11,13,16H,7-9H2,1-2H3;2H,1H3. The summed E-state index contributed by atoms with van der Waals surface area (Å²) in [7, 11) is 1.00. The summed E-state index contributed by atoms with van der Waals surface area (Å²) in [5.41, 5.74) is 1.35. The van der Waals surface area contributed by atoms with E-state index in [1.165, 1.54) is 5.56 Å². The van der Waals surface area contributed by atoms with Gasteiger partial charge in [-0.2, -0.15) is 0 Å². The highest BCUT2D eigenvalue weighted by atomic mass is 35.5. The summed E-state index contributed by atoms with van der Waals surface area (Å²) in [6, 6.07) is 7.95. The number of aliphatic hydroxyl groups is 2. The van der Waals surface area contributed by atoms with E-state index < -0.39 is 0 Å². The topological polar surface area (TPSA) is 40.5 Å². The number of rotatable bonds is 2. The van der Waals surface area contributed by atoms with Gasteiger partial charge in [0.25, 0.3) is 0 Å². The van der Waals surface area contributed by atoms with Crippen molar-refractivity contribution >= 4 is 11.6 Å². The van der Waals surface area contributed by atoms with Crippen LogP contribution >= 0.6 is 11.6 Å². The molecule has 1 aromatic rings. The Morgan fingerprint density at radius 3 is 2.22 bits per heavy atom. The Balaban J connectivity index is 0.000000771. The smallest absolute Gasteiger partial charge is 0.0622 e. The van der Waals surface area contributed by atoms with E-state index in [2.05, 4.69) is 26.0 Å². The zero-order valence-electron chi connectivity index (χ0n) is 11.4. The summed E-state index contributed by atoms with van der Waals surface area (Å²) < 4.78 is 0. The molecule has 1 aliphatic carbocycles. The molecule has 0 amide bonds. The average Bonchev–Trinajstić information content (AvgIpc) is 2.62. The van der Waals surface area contributed by atoms with Crippen LogP contribution in [0.2, 0.25) is 5.02 Å². The maximum atomic E-state index is 10.2. The van der Waals surface area contributed by atoms with Gasteiger partial charge in [0, 0.05) is 12.1 Å². The molecule has 1 saturated carbocycles. The molecular weight excluding hydrogens is 248 g/mol. The molecule has 3 heteroatoms. The van der Waals surface area contributed by atoms with Crippen LogP contribution in [0.4, 0.5) is 0 Å². The van der Waals surface area contributed by atoms with Crippen LogP contribution in [0.1, 0.15) is 32.3 Å². The number of hydrogen-bond acceptors (Lipinski definition) is 2. The first-order valence-electron chi connectivity index (χ1n) is 6.36. The predicted molar refractivity (Wildman–Crippen MR) is 75.8 cm³/mol. The highest BCUT2D eigenvalue weighted by Crippen LogP contribution is 2.42. The van der Waals surface area contributed by atoms with Gasteiger partial charge in [-0.25, -0.2) is 0 Å². The largest absolute Gasteiger partial charge is 0.400 e. The second-order valence-electron chi connectivity index (χ2n) is 5.56. The molecule has 0 radical (unpaired) electrons. The van der Waals surface area contributed by atoms with Crippen molar-refractivity contribution in [1.29, 1.82) is 0 Å². The Kier molecular flexibility index (Phi) is 5.64. The first-order valence-corrected chi connectivity index (χ1v) is 6.74. The van der Waals surface area contributed by atoms with Crippen molar-refractivity contribution in [2.75, 3.05) is 7.11 Å². The summed E-state index contributed by atoms with van der Waals surface area (Å²) in [5.74, 6) is 0.399. The molecule has 18 heavy (non-hydrogen) atoms. The van der Waals surface area contributed by atoms with E-state index in [9.17, 15) is 5.11 Å². The van der Waals surface area contributed by atoms with E-state index in [0.717, 1.165) is 31.4 Å². The van der Waals surface area contributed by atoms with E-state index in [1.54, 1.807) is 0 Å². The third-order valence-corrected chi connectivity index (χ3v) is 4.07. The SMILES string of the molecule is CC1(C)CCC(Cc2ccc(Cl)cc2)C1O.CO. The molecule has 1 aromatic carbocycles. The van der Waals surface area contributed by atoms with E-state index in [-0.39, 0.29) is 11.5 Å². The van der Waals surface area contributed by atoms with Crippen molar-refractivity contribution in [3.05, 3.63) is 34.9 Å². The summed E-state index contributed by atoms with van der Waals surface area (Å²) >= 11 is 5.85. The molecule has 1 fully saturated rings. The monoisotopic (exact) mass is 270 g/mol. The van der Waals surface area contributed by atoms with Crippen LogP contribution in [0.15, 0.2) is 24.3 Å². The Bertz CT molecular complexity index is 359. The minimum absolute atomic E-state index is 0.0804. The second-order valence-corrected chi connectivity index (χ2v) is 6.00. The van der Waals surface area contributed by atoms with Crippen LogP contribution in [-0.4, -0.2) is 23.4 Å². The Labute approximate surface area is 115 Å². The fourth-order valence-corrected chi connectivity index (χ4v) is 2.76. The maximum absolute atomic E-state index is 10.2. The minimum Gasteiger partial charge on any atom is -0.400 e. The molecule has 1 aliphatic rings. The molecule has 2 nitrogen and oxygen atoms in total. The molecular formula is C15H23ClO2. The number of aliphatic hydroxyl groups excluding tert-OH is 2. The van der Waals surface area contributed by atoms with Crippen molar-refractivity contribution in [2.24, 2.45) is 11.3 Å². The van der Waals surface area contributed by atoms with E-state index in [0.29, 0.717) is 5.92 Å². The summed E-state index contributed by atoms with van der Waals surface area (Å²) in [5, 5.41) is 18.0. The molecule has 0 saturated heterocycles. The highest BCUT2D eigenvalue weighted by molar-refractivity contribution is 6.30. The van der Waals surface area contributed by atoms with Crippen molar-refractivity contribution in [3.8, 4) is 0 Å². The highest BCUT2D eigenvalue weighted by Gasteiger charge is 2.40. The summed E-state index contributed by atoms with van der Waals surface area (Å²) in [4.78, 5) is 0. The van der Waals surface area contributed by atoms with Gasteiger partial charge >= 0.3 is 0 Å². The lowest BCUT2D eigenvalue weighted by Gasteiger charge is -2.25. The zero-order valence-corrected chi connectivity index (χ0v) is 12.1. The zero-order chi connectivity index (χ0) is 13.8. The molecule has 0 aliphatic heterocycles. The number of halogens is 1. The van der Waals surface area contributed by atoms with Crippen LogP contribution in [0.5, 0.6) is 0 Å². The fraction of sp³-hybridized carbons (Fsp3) is 0.600. The molecule has 2 unspecified atom stereocenters. The first-order chi connectivity index (χ1) is 8.49. The van der Waals surface area contributed by atoms with Gasteiger partial charge in [0.15, 0.2) is 0 Å². The van der Waals surface area contributed by atoms with Gasteiger partial charge in [-0.1, -0.05) is 37.6 Å². The Morgan fingerprint density at radius 1 is 1.22 bits per heavy atom. The minimum atomic E-state index is -0.178. The average molecular weight is 271 g/mol. The van der Waals surface area contributed by atoms with Crippen LogP contribution in [0.3, 0.4) is 0 Å². The van der Waals surface area contributed by atoms with Gasteiger partial charge in [0.05, 0.1) is 6.10 Å². The first kappa shape index (κ1) is 15.5. The number of hydrogen-bond donors (Lipinski definition) is 2. The molecule has 0 aromatic heterocycles. The quantitative estimate of drug-likeness (QED) is 0.866. The predicted octanol–water partition coefficient (Wildman–Crippen LogP) is 3.29. The van der Waals surface area contributed by atoms with Crippen LogP contribution < -0.4 is 0 Å². The molecule has 2 rings (SSSR count). The normalized spacial score (nSPS) is 25.4. The van der Waals surface area contributed by atoms with E-state index >= 15 is 0 Å². The number of benzene rings is 1. The summed E-state index contributed by atoms with van der Waals surface area (Å²) in [6.07, 6.45) is 3.02. The van der Waals surface area contributed by atoms with Crippen LogP contribution in [0, 0.1) is 11.3 Å². The second kappa shape index (κ2) is 6.55. The lowest BCUT2D eigenvalue weighted by atomic mass is 9.85. The third-order valence-electron chi connectivity index (χ3n) is 3.82. The van der Waals surface area contributed by atoms with Crippen molar-refractivity contribution < 1.29 is 10.2 Å². The molecule has 2 N–H and O–H groups in total. The van der Waals surface area contributed by atoms with Gasteiger partial charge in [0.2, 0.25) is 0 Å². The molecule has 102 valence electrons. The van der Waals surface area contributed by atoms with Crippen molar-refractivity contribution in [2.45, 2.75) is 39.2 Å². The molecule has 2 atom stereocenters. The van der Waals surface area contributed by atoms with Gasteiger partial charge in [-0.3, -0.25) is 0 Å². The molecule has 0 spiro atoms. The van der Waals surface area contributed by atoms with Gasteiger partial charge in [-0.15, -0.1) is 0 Å². The van der Waals surface area contributed by atoms with Gasteiger partial charge < -0.3 is 10.2 Å². The third kappa shape index (κ3) is 3.71. The van der Waals surface area contributed by atoms with Crippen LogP contribution in [-0.2, 0) is 6.42 Å². The fourth-order valence-electron chi connectivity index (χ4n) is 2.64. The van der Waals surface area contributed by atoms with Gasteiger partial charge in [-0.05, 0) is 48.3 Å². The van der Waals surface area contributed by atoms with Crippen LogP contribution in [0.25, 0.3) is 0 Å². The van der Waals surface area contributed by atoms with E-state index in [1.807, 2.05) is 12.1 Å². The molecule has 0 bridgehead atoms. The Morgan fingerprint density at radius 2 is 1.78 bits per heavy atom. The van der Waals surface area contributed by atoms with Gasteiger partial charge in [0.1, 0.15) is 0 Å².